The van der Waals surface area contributed by atoms with Crippen LogP contribution in [0.1, 0.15) is 16.7 Å². The Morgan fingerprint density at radius 3 is 2.45 bits per heavy atom. The van der Waals surface area contributed by atoms with E-state index in [9.17, 15) is 8.42 Å². The minimum absolute atomic E-state index is 0.0121. The molecule has 0 saturated carbocycles. The zero-order valence-corrected chi connectivity index (χ0v) is 13.9. The van der Waals surface area contributed by atoms with Gasteiger partial charge in [0.25, 0.3) is 0 Å². The molecule has 0 fully saturated rings. The Labute approximate surface area is 136 Å². The highest BCUT2D eigenvalue weighted by Crippen LogP contribution is 2.15. The van der Waals surface area contributed by atoms with Gasteiger partial charge in [0.15, 0.2) is 0 Å². The Bertz CT molecular complexity index is 732. The molecule has 2 rings (SSSR count). The van der Waals surface area contributed by atoms with Crippen LogP contribution in [0.3, 0.4) is 0 Å². The molecule has 0 radical (unpaired) electrons. The van der Waals surface area contributed by atoms with Crippen molar-refractivity contribution < 1.29 is 8.42 Å². The second kappa shape index (κ2) is 7.74. The molecule has 0 aromatic heterocycles. The monoisotopic (exact) mass is 338 g/mol. The number of sulfonamides is 1. The van der Waals surface area contributed by atoms with E-state index >= 15 is 0 Å². The van der Waals surface area contributed by atoms with Crippen LogP contribution < -0.4 is 10.0 Å². The first-order valence-corrected chi connectivity index (χ1v) is 8.96. The van der Waals surface area contributed by atoms with Gasteiger partial charge in [-0.2, -0.15) is 0 Å². The van der Waals surface area contributed by atoms with E-state index in [2.05, 4.69) is 10.0 Å². The Hall–Kier alpha value is -1.40. The van der Waals surface area contributed by atoms with Gasteiger partial charge in [-0.1, -0.05) is 54.1 Å². The van der Waals surface area contributed by atoms with Gasteiger partial charge in [-0.05, 0) is 29.8 Å². The fraction of sp³-hybridized carbons (Fsp3) is 0.250. The molecule has 6 heteroatoms. The summed E-state index contributed by atoms with van der Waals surface area (Å²) in [5, 5.41) is 4.05. The molecule has 0 saturated heterocycles. The Morgan fingerprint density at radius 2 is 1.73 bits per heavy atom. The van der Waals surface area contributed by atoms with Crippen LogP contribution in [-0.4, -0.2) is 15.5 Å². The summed E-state index contributed by atoms with van der Waals surface area (Å²) in [6.45, 7) is 1.32. The van der Waals surface area contributed by atoms with Crippen molar-refractivity contribution >= 4 is 21.6 Å². The van der Waals surface area contributed by atoms with Gasteiger partial charge >= 0.3 is 0 Å². The van der Waals surface area contributed by atoms with Gasteiger partial charge in [-0.15, -0.1) is 0 Å². The number of hydrogen-bond acceptors (Lipinski definition) is 3. The van der Waals surface area contributed by atoms with E-state index in [0.29, 0.717) is 13.1 Å². The fourth-order valence-electron chi connectivity index (χ4n) is 2.10. The molecule has 0 atom stereocenters. The first-order valence-electron chi connectivity index (χ1n) is 6.93. The van der Waals surface area contributed by atoms with Crippen LogP contribution in [0.5, 0.6) is 0 Å². The minimum Gasteiger partial charge on any atom is -0.309 e. The molecule has 118 valence electrons. The van der Waals surface area contributed by atoms with Gasteiger partial charge in [0.2, 0.25) is 10.0 Å². The standard InChI is InChI=1S/C16H19ClN2O2S/c1-18-22(20,21)12-14-6-4-5-13(9-14)10-19-11-15-7-2-3-8-16(15)17/h2-9,18-19H,10-12H2,1H3. The molecule has 2 aromatic carbocycles. The summed E-state index contributed by atoms with van der Waals surface area (Å²) in [5.41, 5.74) is 2.85. The van der Waals surface area contributed by atoms with Crippen molar-refractivity contribution in [1.82, 2.24) is 10.0 Å². The Morgan fingerprint density at radius 1 is 1.00 bits per heavy atom. The zero-order valence-electron chi connectivity index (χ0n) is 12.3. The van der Waals surface area contributed by atoms with Crippen molar-refractivity contribution in [2.45, 2.75) is 18.8 Å². The van der Waals surface area contributed by atoms with E-state index in [1.807, 2.05) is 48.5 Å². The third-order valence-electron chi connectivity index (χ3n) is 3.26. The predicted octanol–water partition coefficient (Wildman–Crippen LogP) is 2.68. The number of rotatable bonds is 7. The summed E-state index contributed by atoms with van der Waals surface area (Å²) in [6.07, 6.45) is 0. The van der Waals surface area contributed by atoms with E-state index in [-0.39, 0.29) is 5.75 Å². The van der Waals surface area contributed by atoms with Crippen LogP contribution >= 0.6 is 11.6 Å². The molecule has 2 N–H and O–H groups in total. The smallest absolute Gasteiger partial charge is 0.215 e. The molecule has 0 unspecified atom stereocenters. The topological polar surface area (TPSA) is 58.2 Å². The maximum absolute atomic E-state index is 11.6. The molecule has 0 aliphatic rings. The highest BCUT2D eigenvalue weighted by Gasteiger charge is 2.08. The average molecular weight is 339 g/mol. The lowest BCUT2D eigenvalue weighted by atomic mass is 10.1. The second-order valence-electron chi connectivity index (χ2n) is 4.98. The normalized spacial score (nSPS) is 11.5. The molecule has 0 aliphatic heterocycles. The lowest BCUT2D eigenvalue weighted by Crippen LogP contribution is -2.20. The highest BCUT2D eigenvalue weighted by atomic mass is 35.5. The number of benzene rings is 2. The van der Waals surface area contributed by atoms with Crippen molar-refractivity contribution in [1.29, 1.82) is 0 Å². The second-order valence-corrected chi connectivity index (χ2v) is 7.31. The molecular formula is C16H19ClN2O2S. The fourth-order valence-corrected chi connectivity index (χ4v) is 3.07. The largest absolute Gasteiger partial charge is 0.309 e. The lowest BCUT2D eigenvalue weighted by Gasteiger charge is -2.08. The molecule has 0 heterocycles. The van der Waals surface area contributed by atoms with Gasteiger partial charge in [-0.3, -0.25) is 0 Å². The molecule has 2 aromatic rings. The van der Waals surface area contributed by atoms with E-state index in [1.165, 1.54) is 7.05 Å². The summed E-state index contributed by atoms with van der Waals surface area (Å²) in [6, 6.07) is 15.2. The van der Waals surface area contributed by atoms with E-state index in [4.69, 9.17) is 11.6 Å². The average Bonchev–Trinajstić information content (AvgIpc) is 2.49. The molecule has 0 amide bonds. The summed E-state index contributed by atoms with van der Waals surface area (Å²) in [7, 11) is -1.83. The van der Waals surface area contributed by atoms with Crippen molar-refractivity contribution in [3.8, 4) is 0 Å². The maximum Gasteiger partial charge on any atom is 0.215 e. The first-order chi connectivity index (χ1) is 10.5. The van der Waals surface area contributed by atoms with Gasteiger partial charge < -0.3 is 5.32 Å². The van der Waals surface area contributed by atoms with Gasteiger partial charge in [0, 0.05) is 18.1 Å². The summed E-state index contributed by atoms with van der Waals surface area (Å²) >= 11 is 6.11. The Balaban J connectivity index is 1.95. The van der Waals surface area contributed by atoms with Gasteiger partial charge in [-0.25, -0.2) is 13.1 Å². The Kier molecular flexibility index (Phi) is 5.97. The predicted molar refractivity (Wildman–Crippen MR) is 90.1 cm³/mol. The molecule has 0 aliphatic carbocycles. The minimum atomic E-state index is -3.25. The zero-order chi connectivity index (χ0) is 16.0. The van der Waals surface area contributed by atoms with E-state index in [1.54, 1.807) is 0 Å². The van der Waals surface area contributed by atoms with Crippen molar-refractivity contribution in [3.63, 3.8) is 0 Å². The quantitative estimate of drug-likeness (QED) is 0.816. The highest BCUT2D eigenvalue weighted by molar-refractivity contribution is 7.88. The van der Waals surface area contributed by atoms with E-state index < -0.39 is 10.0 Å². The first kappa shape index (κ1) is 17.0. The number of hydrogen-bond donors (Lipinski definition) is 2. The molecule has 0 bridgehead atoms. The van der Waals surface area contributed by atoms with Crippen molar-refractivity contribution in [2.75, 3.05) is 7.05 Å². The van der Waals surface area contributed by atoms with Crippen LogP contribution in [0, 0.1) is 0 Å². The van der Waals surface area contributed by atoms with E-state index in [0.717, 1.165) is 21.7 Å². The van der Waals surface area contributed by atoms with Gasteiger partial charge in [0.05, 0.1) is 5.75 Å². The summed E-state index contributed by atoms with van der Waals surface area (Å²) in [5.74, 6) is -0.0121. The summed E-state index contributed by atoms with van der Waals surface area (Å²) < 4.78 is 25.5. The lowest BCUT2D eigenvalue weighted by molar-refractivity contribution is 0.587. The van der Waals surface area contributed by atoms with Crippen LogP contribution in [0.2, 0.25) is 5.02 Å². The van der Waals surface area contributed by atoms with Crippen molar-refractivity contribution in [2.24, 2.45) is 0 Å². The van der Waals surface area contributed by atoms with Crippen LogP contribution in [0.25, 0.3) is 0 Å². The maximum atomic E-state index is 11.6. The SMILES string of the molecule is CNS(=O)(=O)Cc1cccc(CNCc2ccccc2Cl)c1. The molecule has 0 spiro atoms. The third-order valence-corrected chi connectivity index (χ3v) is 4.97. The van der Waals surface area contributed by atoms with Crippen molar-refractivity contribution in [3.05, 3.63) is 70.2 Å². The van der Waals surface area contributed by atoms with Crippen LogP contribution in [0.15, 0.2) is 48.5 Å². The summed E-state index contributed by atoms with van der Waals surface area (Å²) in [4.78, 5) is 0. The number of nitrogens with one attached hydrogen (secondary N) is 2. The molecular weight excluding hydrogens is 320 g/mol. The van der Waals surface area contributed by atoms with Gasteiger partial charge in [0.1, 0.15) is 0 Å². The molecule has 4 nitrogen and oxygen atoms in total. The third kappa shape index (κ3) is 5.10. The molecule has 22 heavy (non-hydrogen) atoms. The van der Waals surface area contributed by atoms with Crippen LogP contribution in [-0.2, 0) is 28.9 Å². The van der Waals surface area contributed by atoms with Crippen LogP contribution in [0.4, 0.5) is 0 Å². The number of halogens is 1.